The van der Waals surface area contributed by atoms with E-state index in [1.807, 2.05) is 42.2 Å². The lowest BCUT2D eigenvalue weighted by Crippen LogP contribution is -2.30. The van der Waals surface area contributed by atoms with Crippen molar-refractivity contribution in [2.24, 2.45) is 0 Å². The van der Waals surface area contributed by atoms with Crippen LogP contribution in [0, 0.1) is 13.8 Å². The molecule has 3 aromatic rings. The van der Waals surface area contributed by atoms with E-state index in [1.54, 1.807) is 13.1 Å². The third kappa shape index (κ3) is 3.53. The zero-order chi connectivity index (χ0) is 18.8. The Kier molecular flexibility index (Phi) is 4.58. The molecule has 1 aliphatic heterocycles. The molecule has 0 aromatic carbocycles. The Labute approximate surface area is 157 Å². The topological polar surface area (TPSA) is 84.2 Å². The predicted octanol–water partition coefficient (Wildman–Crippen LogP) is 3.80. The number of aromatic nitrogens is 3. The molecule has 1 aliphatic rings. The number of anilines is 2. The monoisotopic (exact) mass is 363 g/mol. The molecular weight excluding hydrogens is 342 g/mol. The Morgan fingerprint density at radius 2 is 2.11 bits per heavy atom. The first kappa shape index (κ1) is 17.2. The van der Waals surface area contributed by atoms with Gasteiger partial charge >= 0.3 is 0 Å². The van der Waals surface area contributed by atoms with Crippen molar-refractivity contribution < 1.29 is 9.21 Å². The summed E-state index contributed by atoms with van der Waals surface area (Å²) in [7, 11) is 0. The van der Waals surface area contributed by atoms with Gasteiger partial charge in [0.15, 0.2) is 6.39 Å². The summed E-state index contributed by atoms with van der Waals surface area (Å²) >= 11 is 0. The highest BCUT2D eigenvalue weighted by Gasteiger charge is 2.33. The minimum atomic E-state index is -0.112. The van der Waals surface area contributed by atoms with Gasteiger partial charge in [-0.1, -0.05) is 6.07 Å². The zero-order valence-corrected chi connectivity index (χ0v) is 15.3. The molecule has 7 nitrogen and oxygen atoms in total. The van der Waals surface area contributed by atoms with Gasteiger partial charge in [0.2, 0.25) is 5.76 Å². The lowest BCUT2D eigenvalue weighted by Gasteiger charge is -2.24. The number of carbonyl (C=O) groups is 1. The highest BCUT2D eigenvalue weighted by molar-refractivity contribution is 5.92. The van der Waals surface area contributed by atoms with E-state index in [0.29, 0.717) is 23.8 Å². The van der Waals surface area contributed by atoms with E-state index in [4.69, 9.17) is 4.42 Å². The Bertz CT molecular complexity index is 968. The number of carbonyl (C=O) groups excluding carboxylic acids is 1. The minimum absolute atomic E-state index is 0.00369. The van der Waals surface area contributed by atoms with Crippen LogP contribution >= 0.6 is 0 Å². The molecular formula is C20H21N5O2. The summed E-state index contributed by atoms with van der Waals surface area (Å²) in [6.45, 7) is 4.43. The standard InChI is InChI=1S/C20H21N5O2/c1-13-5-3-7-17(23-13)24-18-11-15(8-9-21-18)16-6-4-10-25(16)20(26)19-14(2)22-12-27-19/h3,5,7-9,11-12,16H,4,6,10H2,1-2H3,(H,21,23,24)/t16-/m1/s1. The number of hydrogen-bond acceptors (Lipinski definition) is 6. The molecule has 4 rings (SSSR count). The average Bonchev–Trinajstić information content (AvgIpc) is 3.30. The smallest absolute Gasteiger partial charge is 0.292 e. The molecule has 138 valence electrons. The van der Waals surface area contributed by atoms with Gasteiger partial charge in [0.25, 0.3) is 5.91 Å². The van der Waals surface area contributed by atoms with Gasteiger partial charge in [-0.3, -0.25) is 4.79 Å². The fraction of sp³-hybridized carbons (Fsp3) is 0.300. The first-order chi connectivity index (χ1) is 13.1. The Hall–Kier alpha value is -3.22. The number of hydrogen-bond donors (Lipinski definition) is 1. The summed E-state index contributed by atoms with van der Waals surface area (Å²) < 4.78 is 5.30. The van der Waals surface area contributed by atoms with E-state index in [0.717, 1.165) is 29.9 Å². The molecule has 1 fully saturated rings. The third-order valence-corrected chi connectivity index (χ3v) is 4.77. The molecule has 1 atom stereocenters. The predicted molar refractivity (Wildman–Crippen MR) is 101 cm³/mol. The first-order valence-corrected chi connectivity index (χ1v) is 8.99. The first-order valence-electron chi connectivity index (χ1n) is 8.99. The van der Waals surface area contributed by atoms with Crippen molar-refractivity contribution in [3.8, 4) is 0 Å². The van der Waals surface area contributed by atoms with E-state index >= 15 is 0 Å². The molecule has 4 heterocycles. The summed E-state index contributed by atoms with van der Waals surface area (Å²) in [5, 5.41) is 3.24. The Balaban J connectivity index is 1.57. The molecule has 1 saturated heterocycles. The third-order valence-electron chi connectivity index (χ3n) is 4.77. The second-order valence-electron chi connectivity index (χ2n) is 6.69. The molecule has 1 amide bonds. The number of aryl methyl sites for hydroxylation is 2. The van der Waals surface area contributed by atoms with Gasteiger partial charge in [0.1, 0.15) is 11.6 Å². The minimum Gasteiger partial charge on any atom is -0.438 e. The van der Waals surface area contributed by atoms with Crippen molar-refractivity contribution >= 4 is 17.5 Å². The van der Waals surface area contributed by atoms with Crippen molar-refractivity contribution in [3.05, 3.63) is 65.6 Å². The maximum atomic E-state index is 12.9. The van der Waals surface area contributed by atoms with Crippen LogP contribution in [-0.4, -0.2) is 32.3 Å². The normalized spacial score (nSPS) is 16.5. The van der Waals surface area contributed by atoms with Gasteiger partial charge in [-0.2, -0.15) is 0 Å². The van der Waals surface area contributed by atoms with Gasteiger partial charge in [0, 0.05) is 18.4 Å². The van der Waals surface area contributed by atoms with Gasteiger partial charge in [-0.25, -0.2) is 15.0 Å². The highest BCUT2D eigenvalue weighted by atomic mass is 16.3. The van der Waals surface area contributed by atoms with Crippen LogP contribution in [0.5, 0.6) is 0 Å². The van der Waals surface area contributed by atoms with Gasteiger partial charge in [-0.15, -0.1) is 0 Å². The quantitative estimate of drug-likeness (QED) is 0.759. The number of nitrogens with zero attached hydrogens (tertiary/aromatic N) is 4. The number of oxazole rings is 1. The van der Waals surface area contributed by atoms with Crippen LogP contribution in [0.3, 0.4) is 0 Å². The second-order valence-corrected chi connectivity index (χ2v) is 6.69. The fourth-order valence-electron chi connectivity index (χ4n) is 3.46. The molecule has 0 unspecified atom stereocenters. The molecule has 1 N–H and O–H groups in total. The van der Waals surface area contributed by atoms with Crippen LogP contribution in [0.25, 0.3) is 0 Å². The lowest BCUT2D eigenvalue weighted by molar-refractivity contribution is 0.0702. The molecule has 7 heteroatoms. The van der Waals surface area contributed by atoms with E-state index < -0.39 is 0 Å². The number of likely N-dealkylation sites (tertiary alicyclic amines) is 1. The van der Waals surface area contributed by atoms with Gasteiger partial charge in [-0.05, 0) is 56.5 Å². The lowest BCUT2D eigenvalue weighted by atomic mass is 10.1. The van der Waals surface area contributed by atoms with Crippen molar-refractivity contribution in [1.29, 1.82) is 0 Å². The Morgan fingerprint density at radius 1 is 1.22 bits per heavy atom. The maximum Gasteiger partial charge on any atom is 0.292 e. The summed E-state index contributed by atoms with van der Waals surface area (Å²) in [6, 6.07) is 9.73. The second kappa shape index (κ2) is 7.19. The molecule has 0 spiro atoms. The van der Waals surface area contributed by atoms with Gasteiger partial charge in [0.05, 0.1) is 11.7 Å². The van der Waals surface area contributed by atoms with Crippen LogP contribution in [0.4, 0.5) is 11.6 Å². The maximum absolute atomic E-state index is 12.9. The summed E-state index contributed by atoms with van der Waals surface area (Å²) in [4.78, 5) is 27.6. The van der Waals surface area contributed by atoms with Crippen LogP contribution < -0.4 is 5.32 Å². The zero-order valence-electron chi connectivity index (χ0n) is 15.3. The molecule has 0 bridgehead atoms. The fourth-order valence-corrected chi connectivity index (χ4v) is 3.46. The largest absolute Gasteiger partial charge is 0.438 e. The van der Waals surface area contributed by atoms with Crippen molar-refractivity contribution in [3.63, 3.8) is 0 Å². The number of rotatable bonds is 4. The average molecular weight is 363 g/mol. The Morgan fingerprint density at radius 3 is 2.89 bits per heavy atom. The number of amides is 1. The molecule has 3 aromatic heterocycles. The summed E-state index contributed by atoms with van der Waals surface area (Å²) in [5.74, 6) is 1.66. The summed E-state index contributed by atoms with van der Waals surface area (Å²) in [6.07, 6.45) is 4.93. The van der Waals surface area contributed by atoms with Crippen molar-refractivity contribution in [1.82, 2.24) is 19.9 Å². The van der Waals surface area contributed by atoms with Crippen molar-refractivity contribution in [2.75, 3.05) is 11.9 Å². The van der Waals surface area contributed by atoms with Crippen LogP contribution in [0.2, 0.25) is 0 Å². The number of nitrogens with one attached hydrogen (secondary N) is 1. The highest BCUT2D eigenvalue weighted by Crippen LogP contribution is 2.34. The van der Waals surface area contributed by atoms with E-state index in [2.05, 4.69) is 20.3 Å². The van der Waals surface area contributed by atoms with Crippen molar-refractivity contribution in [2.45, 2.75) is 32.7 Å². The summed E-state index contributed by atoms with van der Waals surface area (Å²) in [5.41, 5.74) is 2.60. The molecule has 0 aliphatic carbocycles. The van der Waals surface area contributed by atoms with Crippen LogP contribution in [0.15, 0.2) is 47.3 Å². The van der Waals surface area contributed by atoms with Crippen LogP contribution in [0.1, 0.15) is 46.4 Å². The van der Waals surface area contributed by atoms with E-state index in [-0.39, 0.29) is 11.9 Å². The van der Waals surface area contributed by atoms with Crippen LogP contribution in [-0.2, 0) is 0 Å². The molecule has 0 saturated carbocycles. The molecule has 0 radical (unpaired) electrons. The van der Waals surface area contributed by atoms with E-state index in [9.17, 15) is 4.79 Å². The van der Waals surface area contributed by atoms with E-state index in [1.165, 1.54) is 6.39 Å². The SMILES string of the molecule is Cc1cccc(Nc2cc([C@H]3CCCN3C(=O)c3ocnc3C)ccn2)n1. The molecule has 27 heavy (non-hydrogen) atoms. The van der Waals surface area contributed by atoms with Gasteiger partial charge < -0.3 is 14.6 Å². The number of pyridine rings is 2.